The highest BCUT2D eigenvalue weighted by Crippen LogP contribution is 2.25. The van der Waals surface area contributed by atoms with Crippen molar-refractivity contribution in [2.45, 2.75) is 32.6 Å². The van der Waals surface area contributed by atoms with Crippen molar-refractivity contribution in [3.63, 3.8) is 0 Å². The molecule has 2 unspecified atom stereocenters. The molecule has 9 heteroatoms. The van der Waals surface area contributed by atoms with Gasteiger partial charge in [-0.25, -0.2) is 17.9 Å². The lowest BCUT2D eigenvalue weighted by Crippen LogP contribution is -2.50. The van der Waals surface area contributed by atoms with Gasteiger partial charge in [-0.1, -0.05) is 13.3 Å². The van der Waals surface area contributed by atoms with Crippen molar-refractivity contribution in [3.05, 3.63) is 0 Å². The number of carboxylic acids is 1. The maximum atomic E-state index is 12.1. The fourth-order valence-electron chi connectivity index (χ4n) is 3.11. The number of nitrogens with zero attached hydrogens (tertiary/aromatic N) is 1. The van der Waals surface area contributed by atoms with Gasteiger partial charge < -0.3 is 15.3 Å². The first-order chi connectivity index (χ1) is 11.3. The first kappa shape index (κ1) is 19.0. The molecule has 1 heterocycles. The third-order valence-electron chi connectivity index (χ3n) is 4.76. The van der Waals surface area contributed by atoms with Crippen molar-refractivity contribution < 1.29 is 23.1 Å². The molecule has 2 fully saturated rings. The van der Waals surface area contributed by atoms with Gasteiger partial charge in [0.15, 0.2) is 0 Å². The zero-order chi connectivity index (χ0) is 17.7. The van der Waals surface area contributed by atoms with Gasteiger partial charge in [-0.2, -0.15) is 0 Å². The maximum absolute atomic E-state index is 12.1. The molecule has 8 nitrogen and oxygen atoms in total. The van der Waals surface area contributed by atoms with E-state index in [1.807, 2.05) is 6.92 Å². The SMILES string of the molecule is CC1CC(C(=O)O)CN(C(=O)NCCS(=O)(=O)NCC2CCC2)C1. The van der Waals surface area contributed by atoms with Gasteiger partial charge in [-0.05, 0) is 31.1 Å². The van der Waals surface area contributed by atoms with E-state index in [1.165, 1.54) is 4.90 Å². The van der Waals surface area contributed by atoms with Crippen LogP contribution in [0.25, 0.3) is 0 Å². The highest BCUT2D eigenvalue weighted by molar-refractivity contribution is 7.89. The summed E-state index contributed by atoms with van der Waals surface area (Å²) in [5.74, 6) is -1.08. The number of piperidine rings is 1. The van der Waals surface area contributed by atoms with Crippen LogP contribution in [0.3, 0.4) is 0 Å². The van der Waals surface area contributed by atoms with Gasteiger partial charge in [0.1, 0.15) is 0 Å². The summed E-state index contributed by atoms with van der Waals surface area (Å²) < 4.78 is 26.3. The fraction of sp³-hybridized carbons (Fsp3) is 0.867. The van der Waals surface area contributed by atoms with Gasteiger partial charge >= 0.3 is 12.0 Å². The standard InChI is InChI=1S/C15H27N3O5S/c1-11-7-13(14(19)20)10-18(9-11)15(21)16-5-6-24(22,23)17-8-12-3-2-4-12/h11-13,17H,2-10H2,1H3,(H,16,21)(H,19,20). The van der Waals surface area contributed by atoms with E-state index in [9.17, 15) is 18.0 Å². The van der Waals surface area contributed by atoms with Crippen LogP contribution in [0.1, 0.15) is 32.6 Å². The molecule has 1 aliphatic carbocycles. The van der Waals surface area contributed by atoms with E-state index in [-0.39, 0.29) is 24.8 Å². The summed E-state index contributed by atoms with van der Waals surface area (Å²) in [5.41, 5.74) is 0. The lowest BCUT2D eigenvalue weighted by atomic mass is 9.86. The molecule has 2 atom stereocenters. The van der Waals surface area contributed by atoms with Gasteiger partial charge in [-0.15, -0.1) is 0 Å². The Bertz CT molecular complexity index is 561. The molecule has 0 radical (unpaired) electrons. The number of sulfonamides is 1. The minimum Gasteiger partial charge on any atom is -0.481 e. The second kappa shape index (κ2) is 8.15. The minimum absolute atomic E-state index is 0.0153. The Labute approximate surface area is 143 Å². The number of hydrogen-bond acceptors (Lipinski definition) is 4. The molecule has 138 valence electrons. The Balaban J connectivity index is 1.72. The van der Waals surface area contributed by atoms with Crippen LogP contribution >= 0.6 is 0 Å². The van der Waals surface area contributed by atoms with E-state index in [1.54, 1.807) is 0 Å². The van der Waals surface area contributed by atoms with E-state index in [4.69, 9.17) is 5.11 Å². The zero-order valence-corrected chi connectivity index (χ0v) is 14.8. The van der Waals surface area contributed by atoms with Crippen molar-refractivity contribution in [3.8, 4) is 0 Å². The Morgan fingerprint density at radius 2 is 1.96 bits per heavy atom. The first-order valence-corrected chi connectivity index (χ1v) is 10.1. The molecule has 1 saturated carbocycles. The Morgan fingerprint density at radius 3 is 2.54 bits per heavy atom. The molecular formula is C15H27N3O5S. The predicted octanol–water partition coefficient (Wildman–Crippen LogP) is 0.458. The summed E-state index contributed by atoms with van der Waals surface area (Å²) in [6.45, 7) is 3.05. The van der Waals surface area contributed by atoms with Crippen molar-refractivity contribution in [1.82, 2.24) is 14.9 Å². The van der Waals surface area contributed by atoms with E-state index in [0.717, 1.165) is 19.3 Å². The molecule has 0 bridgehead atoms. The van der Waals surface area contributed by atoms with Gasteiger partial charge in [0.05, 0.1) is 11.7 Å². The third-order valence-corrected chi connectivity index (χ3v) is 6.11. The van der Waals surface area contributed by atoms with Gasteiger partial charge in [-0.3, -0.25) is 4.79 Å². The quantitative estimate of drug-likeness (QED) is 0.609. The van der Waals surface area contributed by atoms with E-state index in [0.29, 0.717) is 25.4 Å². The highest BCUT2D eigenvalue weighted by Gasteiger charge is 2.31. The summed E-state index contributed by atoms with van der Waals surface area (Å²) >= 11 is 0. The number of urea groups is 1. The van der Waals surface area contributed by atoms with Crippen LogP contribution in [0, 0.1) is 17.8 Å². The van der Waals surface area contributed by atoms with Gasteiger partial charge in [0, 0.05) is 26.2 Å². The number of nitrogens with one attached hydrogen (secondary N) is 2. The number of carboxylic acid groups (broad SMARTS) is 1. The second-order valence-electron chi connectivity index (χ2n) is 6.98. The van der Waals surface area contributed by atoms with Crippen LogP contribution in [-0.2, 0) is 14.8 Å². The number of likely N-dealkylation sites (tertiary alicyclic amines) is 1. The average Bonchev–Trinajstić information content (AvgIpc) is 2.44. The molecule has 1 saturated heterocycles. The molecule has 0 spiro atoms. The number of carbonyl (C=O) groups excluding carboxylic acids is 1. The van der Waals surface area contributed by atoms with Crippen molar-refractivity contribution in [2.75, 3.05) is 31.9 Å². The van der Waals surface area contributed by atoms with E-state index < -0.39 is 27.9 Å². The highest BCUT2D eigenvalue weighted by atomic mass is 32.2. The van der Waals surface area contributed by atoms with Crippen LogP contribution in [0.4, 0.5) is 4.79 Å². The van der Waals surface area contributed by atoms with Crippen LogP contribution in [0.5, 0.6) is 0 Å². The monoisotopic (exact) mass is 361 g/mol. The summed E-state index contributed by atoms with van der Waals surface area (Å²) in [6, 6.07) is -0.401. The summed E-state index contributed by atoms with van der Waals surface area (Å²) in [6.07, 6.45) is 3.85. The van der Waals surface area contributed by atoms with Crippen LogP contribution in [-0.4, -0.2) is 62.4 Å². The van der Waals surface area contributed by atoms with E-state index in [2.05, 4.69) is 10.0 Å². The molecule has 0 aromatic heterocycles. The lowest BCUT2D eigenvalue weighted by molar-refractivity contribution is -0.143. The molecule has 2 rings (SSSR count). The molecule has 24 heavy (non-hydrogen) atoms. The van der Waals surface area contributed by atoms with Gasteiger partial charge in [0.25, 0.3) is 0 Å². The number of aliphatic carboxylic acids is 1. The number of hydrogen-bond donors (Lipinski definition) is 3. The Morgan fingerprint density at radius 1 is 1.25 bits per heavy atom. The summed E-state index contributed by atoms with van der Waals surface area (Å²) in [7, 11) is -3.39. The predicted molar refractivity (Wildman–Crippen MR) is 89.0 cm³/mol. The van der Waals surface area contributed by atoms with Crippen LogP contribution in [0.2, 0.25) is 0 Å². The molecule has 2 aliphatic rings. The fourth-order valence-corrected chi connectivity index (χ4v) is 4.12. The average molecular weight is 361 g/mol. The molecule has 0 aromatic carbocycles. The smallest absolute Gasteiger partial charge is 0.317 e. The van der Waals surface area contributed by atoms with E-state index >= 15 is 0 Å². The number of rotatable bonds is 7. The normalized spacial score (nSPS) is 25.1. The molecule has 3 N–H and O–H groups in total. The van der Waals surface area contributed by atoms with Crippen LogP contribution in [0.15, 0.2) is 0 Å². The summed E-state index contributed by atoms with van der Waals surface area (Å²) in [4.78, 5) is 24.7. The van der Waals surface area contributed by atoms with Crippen molar-refractivity contribution in [1.29, 1.82) is 0 Å². The van der Waals surface area contributed by atoms with Crippen LogP contribution < -0.4 is 10.0 Å². The third kappa shape index (κ3) is 5.62. The summed E-state index contributed by atoms with van der Waals surface area (Å²) in [5, 5.41) is 11.7. The molecule has 2 amide bonds. The number of carbonyl (C=O) groups is 2. The molecule has 1 aliphatic heterocycles. The topological polar surface area (TPSA) is 116 Å². The van der Waals surface area contributed by atoms with Crippen molar-refractivity contribution in [2.24, 2.45) is 17.8 Å². The maximum Gasteiger partial charge on any atom is 0.317 e. The largest absolute Gasteiger partial charge is 0.481 e. The van der Waals surface area contributed by atoms with Crippen molar-refractivity contribution >= 4 is 22.0 Å². The van der Waals surface area contributed by atoms with Gasteiger partial charge in [0.2, 0.25) is 10.0 Å². The molecular weight excluding hydrogens is 334 g/mol. The number of amides is 2. The lowest BCUT2D eigenvalue weighted by Gasteiger charge is -2.34. The zero-order valence-electron chi connectivity index (χ0n) is 14.0. The minimum atomic E-state index is -3.39. The Kier molecular flexibility index (Phi) is 6.45. The molecule has 0 aromatic rings. The first-order valence-electron chi connectivity index (χ1n) is 8.49. The Hall–Kier alpha value is -1.35. The second-order valence-corrected chi connectivity index (χ2v) is 8.90.